The molecule has 4 heterocycles. The Hall–Kier alpha value is -3.60. The zero-order valence-electron chi connectivity index (χ0n) is 18.8. The number of carbonyl (C=O) groups is 3. The number of carbonyl (C=O) groups excluding carboxylic acids is 3. The number of nitrogens with one attached hydrogen (secondary N) is 1. The molecule has 2 fully saturated rings. The average molecular weight is 468 g/mol. The zero-order chi connectivity index (χ0) is 23.8. The van der Waals surface area contributed by atoms with Gasteiger partial charge in [-0.25, -0.2) is 9.37 Å². The second kappa shape index (κ2) is 8.98. The number of benzene rings is 1. The van der Waals surface area contributed by atoms with Crippen molar-refractivity contribution in [1.82, 2.24) is 25.1 Å². The van der Waals surface area contributed by atoms with Crippen molar-refractivity contribution in [1.29, 1.82) is 0 Å². The summed E-state index contributed by atoms with van der Waals surface area (Å²) in [4.78, 5) is 51.2. The second-order valence-corrected chi connectivity index (χ2v) is 8.66. The van der Waals surface area contributed by atoms with Gasteiger partial charge in [0.25, 0.3) is 5.91 Å². The maximum absolute atomic E-state index is 14.5. The SMILES string of the molecule is COc1cnc(CN2CCN(c3cc(F)cc4c3CN(C3CCC(=O)NC3=O)C4=O)CC2)cn1. The number of hydrogen-bond acceptors (Lipinski definition) is 8. The Labute approximate surface area is 195 Å². The summed E-state index contributed by atoms with van der Waals surface area (Å²) in [5, 5.41) is 2.30. The Balaban J connectivity index is 1.29. The molecule has 0 saturated carbocycles. The molecule has 1 atom stereocenters. The molecule has 2 saturated heterocycles. The van der Waals surface area contributed by atoms with Crippen LogP contribution in [0.1, 0.15) is 34.5 Å². The van der Waals surface area contributed by atoms with Crippen molar-refractivity contribution in [3.05, 3.63) is 47.2 Å². The number of imide groups is 1. The van der Waals surface area contributed by atoms with E-state index in [1.807, 2.05) is 0 Å². The summed E-state index contributed by atoms with van der Waals surface area (Å²) in [6.45, 7) is 3.66. The quantitative estimate of drug-likeness (QED) is 0.640. The number of methoxy groups -OCH3 is 1. The number of piperidine rings is 1. The highest BCUT2D eigenvalue weighted by Crippen LogP contribution is 2.35. The fourth-order valence-electron chi connectivity index (χ4n) is 4.80. The third-order valence-corrected chi connectivity index (χ3v) is 6.59. The van der Waals surface area contributed by atoms with Crippen LogP contribution in [0.4, 0.5) is 10.1 Å². The van der Waals surface area contributed by atoms with E-state index in [-0.39, 0.29) is 36.8 Å². The van der Waals surface area contributed by atoms with E-state index in [2.05, 4.69) is 25.1 Å². The Morgan fingerprint density at radius 2 is 1.91 bits per heavy atom. The summed E-state index contributed by atoms with van der Waals surface area (Å²) in [5.74, 6) is -1.20. The number of ether oxygens (including phenoxy) is 1. The van der Waals surface area contributed by atoms with Gasteiger partial charge in [0.05, 0.1) is 25.2 Å². The molecule has 1 N–H and O–H groups in total. The first kappa shape index (κ1) is 22.2. The molecular weight excluding hydrogens is 443 g/mol. The topological polar surface area (TPSA) is 108 Å². The van der Waals surface area contributed by atoms with Crippen molar-refractivity contribution in [2.45, 2.75) is 32.0 Å². The van der Waals surface area contributed by atoms with Gasteiger partial charge in [-0.05, 0) is 18.6 Å². The number of amides is 3. The number of fused-ring (bicyclic) bond motifs is 1. The summed E-state index contributed by atoms with van der Waals surface area (Å²) in [6, 6.07) is 1.98. The van der Waals surface area contributed by atoms with Crippen molar-refractivity contribution in [2.75, 3.05) is 38.2 Å². The number of piperazine rings is 1. The van der Waals surface area contributed by atoms with E-state index >= 15 is 0 Å². The highest BCUT2D eigenvalue weighted by atomic mass is 19.1. The molecule has 1 aromatic heterocycles. The molecule has 3 aliphatic rings. The molecule has 1 aromatic carbocycles. The first-order chi connectivity index (χ1) is 16.4. The second-order valence-electron chi connectivity index (χ2n) is 8.66. The molecule has 11 heteroatoms. The van der Waals surface area contributed by atoms with Crippen LogP contribution >= 0.6 is 0 Å². The molecule has 3 amide bonds. The molecule has 5 rings (SSSR count). The van der Waals surface area contributed by atoms with E-state index in [0.717, 1.165) is 24.3 Å². The van der Waals surface area contributed by atoms with Crippen LogP contribution in [0.2, 0.25) is 0 Å². The van der Waals surface area contributed by atoms with Crippen LogP contribution < -0.4 is 15.0 Å². The van der Waals surface area contributed by atoms with Gasteiger partial charge < -0.3 is 14.5 Å². The number of hydrogen-bond donors (Lipinski definition) is 1. The molecule has 0 aliphatic carbocycles. The lowest BCUT2D eigenvalue weighted by atomic mass is 10.0. The average Bonchev–Trinajstić information content (AvgIpc) is 3.15. The predicted molar refractivity (Wildman–Crippen MR) is 119 cm³/mol. The fraction of sp³-hybridized carbons (Fsp3) is 0.435. The zero-order valence-corrected chi connectivity index (χ0v) is 18.8. The van der Waals surface area contributed by atoms with Crippen molar-refractivity contribution >= 4 is 23.4 Å². The Morgan fingerprint density at radius 3 is 2.59 bits per heavy atom. The Bertz CT molecular complexity index is 1130. The van der Waals surface area contributed by atoms with Crippen molar-refractivity contribution in [3.8, 4) is 5.88 Å². The lowest BCUT2D eigenvalue weighted by Crippen LogP contribution is -2.52. The molecule has 0 bridgehead atoms. The van der Waals surface area contributed by atoms with Gasteiger partial charge in [0, 0.05) is 62.5 Å². The molecule has 2 aromatic rings. The smallest absolute Gasteiger partial charge is 0.255 e. The van der Waals surface area contributed by atoms with Crippen LogP contribution in [0, 0.1) is 5.82 Å². The minimum atomic E-state index is -0.726. The summed E-state index contributed by atoms with van der Waals surface area (Å²) >= 11 is 0. The first-order valence-electron chi connectivity index (χ1n) is 11.2. The molecular formula is C23H25FN6O4. The molecule has 34 heavy (non-hydrogen) atoms. The van der Waals surface area contributed by atoms with Crippen LogP contribution in [-0.2, 0) is 22.7 Å². The van der Waals surface area contributed by atoms with Crippen LogP contribution in [0.5, 0.6) is 5.88 Å². The molecule has 1 unspecified atom stereocenters. The van der Waals surface area contributed by atoms with E-state index in [0.29, 0.717) is 31.2 Å². The monoisotopic (exact) mass is 468 g/mol. The highest BCUT2D eigenvalue weighted by Gasteiger charge is 2.41. The van der Waals surface area contributed by atoms with E-state index in [1.54, 1.807) is 19.5 Å². The fourth-order valence-corrected chi connectivity index (χ4v) is 4.80. The van der Waals surface area contributed by atoms with Gasteiger partial charge in [0.15, 0.2) is 0 Å². The minimum absolute atomic E-state index is 0.179. The van der Waals surface area contributed by atoms with Gasteiger partial charge in [0.1, 0.15) is 11.9 Å². The van der Waals surface area contributed by atoms with E-state index in [1.165, 1.54) is 17.0 Å². The minimum Gasteiger partial charge on any atom is -0.480 e. The lowest BCUT2D eigenvalue weighted by molar-refractivity contribution is -0.136. The molecule has 178 valence electrons. The number of halogens is 1. The van der Waals surface area contributed by atoms with Gasteiger partial charge in [-0.3, -0.25) is 29.6 Å². The third-order valence-electron chi connectivity index (χ3n) is 6.59. The van der Waals surface area contributed by atoms with E-state index in [4.69, 9.17) is 4.74 Å². The molecule has 0 spiro atoms. The summed E-state index contributed by atoms with van der Waals surface area (Å²) in [5.41, 5.74) is 2.54. The highest BCUT2D eigenvalue weighted by molar-refractivity contribution is 6.06. The van der Waals surface area contributed by atoms with Crippen LogP contribution in [-0.4, -0.2) is 76.8 Å². The van der Waals surface area contributed by atoms with Crippen molar-refractivity contribution < 1.29 is 23.5 Å². The molecule has 3 aliphatic heterocycles. The third kappa shape index (κ3) is 4.18. The van der Waals surface area contributed by atoms with E-state index < -0.39 is 17.8 Å². The normalized spacial score (nSPS) is 21.0. The number of nitrogens with zero attached hydrogens (tertiary/aromatic N) is 5. The predicted octanol–water partition coefficient (Wildman–Crippen LogP) is 0.708. The molecule has 10 nitrogen and oxygen atoms in total. The Morgan fingerprint density at radius 1 is 1.12 bits per heavy atom. The largest absolute Gasteiger partial charge is 0.480 e. The van der Waals surface area contributed by atoms with Crippen molar-refractivity contribution in [3.63, 3.8) is 0 Å². The van der Waals surface area contributed by atoms with Crippen LogP contribution in [0.15, 0.2) is 24.5 Å². The van der Waals surface area contributed by atoms with Gasteiger partial charge in [-0.1, -0.05) is 0 Å². The van der Waals surface area contributed by atoms with Gasteiger partial charge in [-0.15, -0.1) is 0 Å². The van der Waals surface area contributed by atoms with Gasteiger partial charge in [-0.2, -0.15) is 0 Å². The van der Waals surface area contributed by atoms with Crippen LogP contribution in [0.25, 0.3) is 0 Å². The van der Waals surface area contributed by atoms with Crippen LogP contribution in [0.3, 0.4) is 0 Å². The maximum atomic E-state index is 14.5. The van der Waals surface area contributed by atoms with E-state index in [9.17, 15) is 18.8 Å². The summed E-state index contributed by atoms with van der Waals surface area (Å²) < 4.78 is 19.6. The standard InChI is InChI=1S/C23H25FN6O4/c1-34-21-11-25-15(10-26-21)12-28-4-6-29(7-5-28)19-9-14(24)8-16-17(19)13-30(23(16)33)18-2-3-20(31)27-22(18)32/h8-11,18H,2-7,12-13H2,1H3,(H,27,31,32). The maximum Gasteiger partial charge on any atom is 0.255 e. The summed E-state index contributed by atoms with van der Waals surface area (Å²) in [7, 11) is 1.55. The number of aromatic nitrogens is 2. The molecule has 0 radical (unpaired) electrons. The number of rotatable bonds is 5. The van der Waals surface area contributed by atoms with Gasteiger partial charge in [0.2, 0.25) is 17.7 Å². The van der Waals surface area contributed by atoms with Crippen molar-refractivity contribution in [2.24, 2.45) is 0 Å². The number of anilines is 1. The summed E-state index contributed by atoms with van der Waals surface area (Å²) in [6.07, 6.45) is 3.74. The lowest BCUT2D eigenvalue weighted by Gasteiger charge is -2.37. The Kier molecular flexibility index (Phi) is 5.86. The van der Waals surface area contributed by atoms with Gasteiger partial charge >= 0.3 is 0 Å². The first-order valence-corrected chi connectivity index (χ1v) is 11.2.